The Kier molecular flexibility index (Phi) is 4.17. The first-order valence-corrected chi connectivity index (χ1v) is 9.88. The molecule has 7 nitrogen and oxygen atoms in total. The van der Waals surface area contributed by atoms with Crippen LogP contribution in [0.25, 0.3) is 0 Å². The average Bonchev–Trinajstić information content (AvgIpc) is 3.18. The summed E-state index contributed by atoms with van der Waals surface area (Å²) in [5.41, 5.74) is 2.67. The summed E-state index contributed by atoms with van der Waals surface area (Å²) in [5.74, 6) is -2.25. The normalized spacial score (nSPS) is 14.8. The lowest BCUT2D eigenvalue weighted by atomic mass is 9.96. The molecule has 0 atom stereocenters. The Balaban J connectivity index is 1.50. The molecule has 0 fully saturated rings. The summed E-state index contributed by atoms with van der Waals surface area (Å²) in [4.78, 5) is 65.3. The molecular weight excluding hydrogens is 408 g/mol. The van der Waals surface area contributed by atoms with Gasteiger partial charge < -0.3 is 0 Å². The van der Waals surface area contributed by atoms with Crippen LogP contribution in [-0.2, 0) is 0 Å². The minimum Gasteiger partial charge on any atom is -0.289 e. The fourth-order valence-corrected chi connectivity index (χ4v) is 3.98. The standard InChI is InChI=1S/C25H16N2O5/c1-13-3-7-16(8-4-13)27-24(31)18-10-6-15(12-20(18)25(27)32)21(28)14-5-9-17-19(11-14)23(30)26(2)22(17)29/h3-12H,1-2H3. The van der Waals surface area contributed by atoms with Gasteiger partial charge in [-0.3, -0.25) is 28.9 Å². The number of benzene rings is 3. The zero-order valence-electron chi connectivity index (χ0n) is 17.2. The van der Waals surface area contributed by atoms with Gasteiger partial charge in [0.2, 0.25) is 0 Å². The molecule has 0 bridgehead atoms. The lowest BCUT2D eigenvalue weighted by Gasteiger charge is -2.13. The highest BCUT2D eigenvalue weighted by Crippen LogP contribution is 2.30. The Morgan fingerprint density at radius 3 is 1.69 bits per heavy atom. The highest BCUT2D eigenvalue weighted by Gasteiger charge is 2.37. The summed E-state index contributed by atoms with van der Waals surface area (Å²) < 4.78 is 0. The van der Waals surface area contributed by atoms with E-state index in [0.29, 0.717) is 5.69 Å². The Bertz CT molecular complexity index is 1390. The van der Waals surface area contributed by atoms with E-state index in [1.54, 1.807) is 12.1 Å². The molecule has 0 unspecified atom stereocenters. The molecule has 0 saturated carbocycles. The van der Waals surface area contributed by atoms with E-state index in [1.807, 2.05) is 19.1 Å². The lowest BCUT2D eigenvalue weighted by Crippen LogP contribution is -2.29. The number of imide groups is 2. The number of rotatable bonds is 3. The maximum absolute atomic E-state index is 13.1. The van der Waals surface area contributed by atoms with Gasteiger partial charge in [-0.2, -0.15) is 0 Å². The predicted molar refractivity (Wildman–Crippen MR) is 115 cm³/mol. The monoisotopic (exact) mass is 424 g/mol. The van der Waals surface area contributed by atoms with E-state index in [1.165, 1.54) is 43.4 Å². The van der Waals surface area contributed by atoms with Crippen LogP contribution >= 0.6 is 0 Å². The third-order valence-corrected chi connectivity index (χ3v) is 5.79. The third-order valence-electron chi connectivity index (χ3n) is 5.79. The zero-order valence-corrected chi connectivity index (χ0v) is 17.2. The van der Waals surface area contributed by atoms with E-state index < -0.39 is 29.4 Å². The number of fused-ring (bicyclic) bond motifs is 2. The van der Waals surface area contributed by atoms with Crippen LogP contribution in [0.15, 0.2) is 60.7 Å². The van der Waals surface area contributed by atoms with Crippen LogP contribution in [0.4, 0.5) is 5.69 Å². The van der Waals surface area contributed by atoms with Gasteiger partial charge in [0.1, 0.15) is 0 Å². The van der Waals surface area contributed by atoms with Crippen molar-refractivity contribution in [1.29, 1.82) is 0 Å². The Hall–Kier alpha value is -4.39. The number of amides is 4. The SMILES string of the molecule is Cc1ccc(N2C(=O)c3ccc(C(=O)c4ccc5c(c4)C(=O)N(C)C5=O)cc3C2=O)cc1. The molecule has 2 heterocycles. The van der Waals surface area contributed by atoms with Gasteiger partial charge in [0.15, 0.2) is 5.78 Å². The molecule has 2 aliphatic rings. The highest BCUT2D eigenvalue weighted by molar-refractivity contribution is 6.35. The van der Waals surface area contributed by atoms with Crippen LogP contribution in [0.1, 0.15) is 62.9 Å². The summed E-state index contributed by atoms with van der Waals surface area (Å²) in [5, 5.41) is 0. The van der Waals surface area contributed by atoms with Crippen molar-refractivity contribution in [2.45, 2.75) is 6.92 Å². The first kappa shape index (κ1) is 19.6. The van der Waals surface area contributed by atoms with E-state index >= 15 is 0 Å². The van der Waals surface area contributed by atoms with Gasteiger partial charge in [-0.15, -0.1) is 0 Å². The van der Waals surface area contributed by atoms with Crippen molar-refractivity contribution in [1.82, 2.24) is 4.90 Å². The lowest BCUT2D eigenvalue weighted by molar-refractivity contribution is 0.0692. The Morgan fingerprint density at radius 1 is 0.625 bits per heavy atom. The van der Waals surface area contributed by atoms with E-state index in [-0.39, 0.29) is 33.4 Å². The summed E-state index contributed by atoms with van der Waals surface area (Å²) in [6.45, 7) is 1.91. The van der Waals surface area contributed by atoms with Crippen LogP contribution in [-0.4, -0.2) is 41.4 Å². The van der Waals surface area contributed by atoms with Crippen molar-refractivity contribution in [3.05, 3.63) is 99.6 Å². The van der Waals surface area contributed by atoms with Crippen LogP contribution in [0.2, 0.25) is 0 Å². The molecule has 32 heavy (non-hydrogen) atoms. The smallest absolute Gasteiger partial charge is 0.266 e. The van der Waals surface area contributed by atoms with Crippen molar-refractivity contribution < 1.29 is 24.0 Å². The van der Waals surface area contributed by atoms with E-state index in [2.05, 4.69) is 0 Å². The maximum Gasteiger partial charge on any atom is 0.266 e. The van der Waals surface area contributed by atoms with Crippen LogP contribution in [0.5, 0.6) is 0 Å². The molecule has 3 aromatic carbocycles. The molecule has 0 radical (unpaired) electrons. The molecule has 5 rings (SSSR count). The number of nitrogens with zero attached hydrogens (tertiary/aromatic N) is 2. The number of carbonyl (C=O) groups is 5. The first-order valence-electron chi connectivity index (χ1n) is 9.88. The third kappa shape index (κ3) is 2.71. The van der Waals surface area contributed by atoms with Crippen molar-refractivity contribution >= 4 is 35.1 Å². The molecule has 0 aliphatic carbocycles. The molecule has 156 valence electrons. The number of aryl methyl sites for hydroxylation is 1. The molecule has 2 aliphatic heterocycles. The first-order chi connectivity index (χ1) is 15.3. The molecule has 7 heteroatoms. The maximum atomic E-state index is 13.1. The van der Waals surface area contributed by atoms with Gasteiger partial charge in [0, 0.05) is 18.2 Å². The van der Waals surface area contributed by atoms with E-state index in [4.69, 9.17) is 0 Å². The molecule has 0 saturated heterocycles. The van der Waals surface area contributed by atoms with E-state index in [0.717, 1.165) is 15.4 Å². The number of hydrogen-bond acceptors (Lipinski definition) is 5. The second-order valence-electron chi connectivity index (χ2n) is 7.80. The molecule has 3 aromatic rings. The number of carbonyl (C=O) groups excluding carboxylic acids is 5. The average molecular weight is 424 g/mol. The number of ketones is 1. The second kappa shape index (κ2) is 6.81. The Morgan fingerprint density at radius 2 is 1.09 bits per heavy atom. The van der Waals surface area contributed by atoms with Crippen LogP contribution < -0.4 is 4.90 Å². The predicted octanol–water partition coefficient (Wildman–Crippen LogP) is 3.25. The van der Waals surface area contributed by atoms with Gasteiger partial charge in [-0.1, -0.05) is 29.8 Å². The van der Waals surface area contributed by atoms with Crippen molar-refractivity contribution in [3.63, 3.8) is 0 Å². The summed E-state index contributed by atoms with van der Waals surface area (Å²) in [7, 11) is 1.38. The molecule has 0 aromatic heterocycles. The summed E-state index contributed by atoms with van der Waals surface area (Å²) in [6, 6.07) is 15.7. The largest absolute Gasteiger partial charge is 0.289 e. The molecule has 0 N–H and O–H groups in total. The Labute approximate surface area is 182 Å². The zero-order chi connectivity index (χ0) is 22.7. The molecular formula is C25H16N2O5. The second-order valence-corrected chi connectivity index (χ2v) is 7.80. The molecule has 0 spiro atoms. The minimum atomic E-state index is -0.500. The highest BCUT2D eigenvalue weighted by atomic mass is 16.2. The summed E-state index contributed by atoms with van der Waals surface area (Å²) >= 11 is 0. The fourth-order valence-electron chi connectivity index (χ4n) is 3.98. The van der Waals surface area contributed by atoms with Crippen LogP contribution in [0.3, 0.4) is 0 Å². The number of hydrogen-bond donors (Lipinski definition) is 0. The van der Waals surface area contributed by atoms with Crippen molar-refractivity contribution in [3.8, 4) is 0 Å². The quantitative estimate of drug-likeness (QED) is 0.475. The van der Waals surface area contributed by atoms with E-state index in [9.17, 15) is 24.0 Å². The van der Waals surface area contributed by atoms with Crippen molar-refractivity contribution in [2.24, 2.45) is 0 Å². The topological polar surface area (TPSA) is 91.8 Å². The van der Waals surface area contributed by atoms with Gasteiger partial charge >= 0.3 is 0 Å². The summed E-state index contributed by atoms with van der Waals surface area (Å²) in [6.07, 6.45) is 0. The number of anilines is 1. The van der Waals surface area contributed by atoms with Gasteiger partial charge in [0.25, 0.3) is 23.6 Å². The van der Waals surface area contributed by atoms with Gasteiger partial charge in [-0.25, -0.2) is 4.90 Å². The van der Waals surface area contributed by atoms with Crippen LogP contribution in [0, 0.1) is 6.92 Å². The fraction of sp³-hybridized carbons (Fsp3) is 0.0800. The minimum absolute atomic E-state index is 0.147. The van der Waals surface area contributed by atoms with Crippen molar-refractivity contribution in [2.75, 3.05) is 11.9 Å². The molecule has 4 amide bonds. The van der Waals surface area contributed by atoms with Gasteiger partial charge in [0.05, 0.1) is 27.9 Å². The van der Waals surface area contributed by atoms with Gasteiger partial charge in [-0.05, 0) is 43.3 Å².